The maximum Gasteiger partial charge on any atom is 0.164 e. The molecule has 0 spiro atoms. The van der Waals surface area contributed by atoms with Crippen LogP contribution in [0.2, 0.25) is 0 Å². The van der Waals surface area contributed by atoms with Crippen LogP contribution in [0.4, 0.5) is 0 Å². The van der Waals surface area contributed by atoms with Crippen LogP contribution < -0.4 is 14.2 Å². The van der Waals surface area contributed by atoms with Crippen LogP contribution >= 0.6 is 38.9 Å². The van der Waals surface area contributed by atoms with E-state index in [2.05, 4.69) is 22.0 Å². The molecular weight excluding hydrogens is 376 g/mol. The lowest BCUT2D eigenvalue weighted by Gasteiger charge is -2.16. The molecular formula is C15H16BrClO3S. The van der Waals surface area contributed by atoms with E-state index < -0.39 is 0 Å². The van der Waals surface area contributed by atoms with E-state index in [4.69, 9.17) is 25.8 Å². The molecule has 0 aliphatic carbocycles. The minimum Gasteiger partial charge on any atom is -0.496 e. The largest absolute Gasteiger partial charge is 0.496 e. The summed E-state index contributed by atoms with van der Waals surface area (Å²) in [6.45, 7) is 2.04. The number of hydrogen-bond donors (Lipinski definition) is 0. The van der Waals surface area contributed by atoms with Crippen molar-refractivity contribution in [2.75, 3.05) is 21.3 Å². The summed E-state index contributed by atoms with van der Waals surface area (Å²) in [5.41, 5.74) is 2.02. The van der Waals surface area contributed by atoms with Crippen LogP contribution in [0.5, 0.6) is 17.2 Å². The van der Waals surface area contributed by atoms with E-state index >= 15 is 0 Å². The van der Waals surface area contributed by atoms with E-state index in [0.717, 1.165) is 14.2 Å². The maximum absolute atomic E-state index is 6.64. The first-order valence-corrected chi connectivity index (χ1v) is 8.26. The first kappa shape index (κ1) is 16.5. The molecule has 0 radical (unpaired) electrons. The Labute approximate surface area is 141 Å². The van der Waals surface area contributed by atoms with Gasteiger partial charge in [0, 0.05) is 16.5 Å². The van der Waals surface area contributed by atoms with Gasteiger partial charge in [-0.1, -0.05) is 0 Å². The molecule has 0 bridgehead atoms. The lowest BCUT2D eigenvalue weighted by molar-refractivity contribution is 0.347. The fourth-order valence-corrected chi connectivity index (χ4v) is 3.95. The predicted molar refractivity (Wildman–Crippen MR) is 90.6 cm³/mol. The van der Waals surface area contributed by atoms with Crippen molar-refractivity contribution >= 4 is 38.9 Å². The zero-order chi connectivity index (χ0) is 15.6. The van der Waals surface area contributed by atoms with Gasteiger partial charge in [-0.15, -0.1) is 22.9 Å². The van der Waals surface area contributed by atoms with Crippen LogP contribution in [-0.4, -0.2) is 21.3 Å². The number of alkyl halides is 1. The molecule has 1 aromatic carbocycles. The van der Waals surface area contributed by atoms with Gasteiger partial charge < -0.3 is 14.2 Å². The molecule has 1 unspecified atom stereocenters. The molecule has 0 aliphatic rings. The van der Waals surface area contributed by atoms with Gasteiger partial charge in [0.2, 0.25) is 0 Å². The van der Waals surface area contributed by atoms with E-state index in [1.54, 1.807) is 38.7 Å². The number of methoxy groups -OCH3 is 3. The third-order valence-corrected chi connectivity index (χ3v) is 5.94. The number of hydrogen-bond acceptors (Lipinski definition) is 4. The highest BCUT2D eigenvalue weighted by molar-refractivity contribution is 9.11. The van der Waals surface area contributed by atoms with Crippen molar-refractivity contribution in [2.45, 2.75) is 12.3 Å². The van der Waals surface area contributed by atoms with E-state index in [1.807, 2.05) is 13.0 Å². The number of thiophene rings is 1. The molecule has 0 N–H and O–H groups in total. The van der Waals surface area contributed by atoms with Gasteiger partial charge in [0.05, 0.1) is 30.5 Å². The SMILES string of the molecule is COc1cc(OC)c(C(Cl)c2cc(C)c(Br)s2)cc1OC. The standard InChI is InChI=1S/C15H16BrClO3S/c1-8-5-13(21-15(8)16)14(17)9-6-11(19-3)12(20-4)7-10(9)18-2/h5-7,14H,1-4H3. The van der Waals surface area contributed by atoms with Crippen LogP contribution in [0, 0.1) is 6.92 Å². The molecule has 1 atom stereocenters. The van der Waals surface area contributed by atoms with E-state index in [9.17, 15) is 0 Å². The van der Waals surface area contributed by atoms with Crippen molar-refractivity contribution in [1.29, 1.82) is 0 Å². The summed E-state index contributed by atoms with van der Waals surface area (Å²) < 4.78 is 17.2. The third-order valence-electron chi connectivity index (χ3n) is 3.13. The van der Waals surface area contributed by atoms with Gasteiger partial charge >= 0.3 is 0 Å². The third kappa shape index (κ3) is 3.30. The molecule has 0 amide bonds. The number of rotatable bonds is 5. The van der Waals surface area contributed by atoms with Crippen molar-refractivity contribution in [3.05, 3.63) is 38.0 Å². The lowest BCUT2D eigenvalue weighted by atomic mass is 10.1. The summed E-state index contributed by atoms with van der Waals surface area (Å²) >= 11 is 11.8. The minimum absolute atomic E-state index is 0.310. The van der Waals surface area contributed by atoms with Crippen molar-refractivity contribution in [2.24, 2.45) is 0 Å². The highest BCUT2D eigenvalue weighted by Crippen LogP contribution is 2.44. The van der Waals surface area contributed by atoms with Gasteiger partial charge in [-0.25, -0.2) is 0 Å². The highest BCUT2D eigenvalue weighted by atomic mass is 79.9. The quantitative estimate of drug-likeness (QED) is 0.658. The molecule has 2 aromatic rings. The van der Waals surface area contributed by atoms with Crippen LogP contribution in [0.1, 0.15) is 21.4 Å². The minimum atomic E-state index is -0.310. The van der Waals surface area contributed by atoms with Gasteiger partial charge in [0.25, 0.3) is 0 Å². The van der Waals surface area contributed by atoms with E-state index in [-0.39, 0.29) is 5.38 Å². The number of aryl methyl sites for hydroxylation is 1. The van der Waals surface area contributed by atoms with Gasteiger partial charge in [-0.05, 0) is 40.5 Å². The first-order chi connectivity index (χ1) is 10.0. The number of ether oxygens (including phenoxy) is 3. The monoisotopic (exact) mass is 390 g/mol. The smallest absolute Gasteiger partial charge is 0.164 e. The van der Waals surface area contributed by atoms with Gasteiger partial charge in [-0.2, -0.15) is 0 Å². The predicted octanol–water partition coefficient (Wildman–Crippen LogP) is 5.17. The van der Waals surface area contributed by atoms with Gasteiger partial charge in [0.15, 0.2) is 11.5 Å². The molecule has 0 saturated heterocycles. The summed E-state index contributed by atoms with van der Waals surface area (Å²) in [6, 6.07) is 5.72. The van der Waals surface area contributed by atoms with Crippen LogP contribution in [0.15, 0.2) is 22.0 Å². The fourth-order valence-electron chi connectivity index (χ4n) is 2.01. The van der Waals surface area contributed by atoms with Gasteiger partial charge in [-0.3, -0.25) is 0 Å². The summed E-state index contributed by atoms with van der Waals surface area (Å²) in [5, 5.41) is -0.310. The Bertz CT molecular complexity index is 623. The molecule has 0 fully saturated rings. The Balaban J connectivity index is 2.50. The topological polar surface area (TPSA) is 27.7 Å². The van der Waals surface area contributed by atoms with Crippen LogP contribution in [0.3, 0.4) is 0 Å². The highest BCUT2D eigenvalue weighted by Gasteiger charge is 2.21. The molecule has 2 rings (SSSR count). The fraction of sp³-hybridized carbons (Fsp3) is 0.333. The van der Waals surface area contributed by atoms with Crippen LogP contribution in [-0.2, 0) is 0 Å². The van der Waals surface area contributed by atoms with Crippen molar-refractivity contribution < 1.29 is 14.2 Å². The summed E-state index contributed by atoms with van der Waals surface area (Å²) in [7, 11) is 4.81. The summed E-state index contributed by atoms with van der Waals surface area (Å²) in [5.74, 6) is 1.92. The molecule has 3 nitrogen and oxygen atoms in total. The Morgan fingerprint density at radius 2 is 1.57 bits per heavy atom. The van der Waals surface area contributed by atoms with E-state index in [0.29, 0.717) is 17.2 Å². The van der Waals surface area contributed by atoms with E-state index in [1.165, 1.54) is 5.56 Å². The second kappa shape index (κ2) is 6.90. The van der Waals surface area contributed by atoms with Crippen molar-refractivity contribution in [3.8, 4) is 17.2 Å². The molecule has 6 heteroatoms. The average molecular weight is 392 g/mol. The lowest BCUT2D eigenvalue weighted by Crippen LogP contribution is -1.99. The second-order valence-electron chi connectivity index (χ2n) is 4.42. The first-order valence-electron chi connectivity index (χ1n) is 6.21. The summed E-state index contributed by atoms with van der Waals surface area (Å²) in [6.07, 6.45) is 0. The molecule has 0 aliphatic heterocycles. The zero-order valence-electron chi connectivity index (χ0n) is 12.2. The Hall–Kier alpha value is -0.910. The number of benzene rings is 1. The van der Waals surface area contributed by atoms with Gasteiger partial charge in [0.1, 0.15) is 5.75 Å². The second-order valence-corrected chi connectivity index (χ2v) is 7.26. The summed E-state index contributed by atoms with van der Waals surface area (Å²) in [4.78, 5) is 1.05. The van der Waals surface area contributed by atoms with Crippen molar-refractivity contribution in [1.82, 2.24) is 0 Å². The maximum atomic E-state index is 6.64. The molecule has 0 saturated carbocycles. The normalized spacial score (nSPS) is 12.1. The number of halogens is 2. The molecule has 1 heterocycles. The average Bonchev–Trinajstić information content (AvgIpc) is 2.84. The molecule has 114 valence electrons. The molecule has 21 heavy (non-hydrogen) atoms. The Morgan fingerprint density at radius 3 is 2.05 bits per heavy atom. The van der Waals surface area contributed by atoms with Crippen molar-refractivity contribution in [3.63, 3.8) is 0 Å². The Kier molecular flexibility index (Phi) is 5.41. The Morgan fingerprint density at radius 1 is 1.00 bits per heavy atom. The molecule has 1 aromatic heterocycles. The zero-order valence-corrected chi connectivity index (χ0v) is 15.4. The van der Waals surface area contributed by atoms with Crippen LogP contribution in [0.25, 0.3) is 0 Å².